The van der Waals surface area contributed by atoms with Crippen molar-refractivity contribution in [1.82, 2.24) is 14.5 Å². The summed E-state index contributed by atoms with van der Waals surface area (Å²) >= 11 is 0. The van der Waals surface area contributed by atoms with Gasteiger partial charge in [0.2, 0.25) is 0 Å². The van der Waals surface area contributed by atoms with Crippen LogP contribution in [0.2, 0.25) is 0 Å². The van der Waals surface area contributed by atoms with Crippen molar-refractivity contribution < 1.29 is 0 Å². The quantitative estimate of drug-likeness (QED) is 0.672. The molecule has 3 heterocycles. The number of hydrogen-bond donors (Lipinski definition) is 0. The van der Waals surface area contributed by atoms with E-state index >= 15 is 0 Å². The lowest BCUT2D eigenvalue weighted by Gasteiger charge is -2.32. The molecule has 0 unspecified atom stereocenters. The van der Waals surface area contributed by atoms with Gasteiger partial charge in [-0.3, -0.25) is 4.90 Å². The molecular weight excluding hydrogens is 329 g/mol. The van der Waals surface area contributed by atoms with Crippen LogP contribution in [-0.2, 0) is 19.5 Å². The first-order valence-corrected chi connectivity index (χ1v) is 10.4. The van der Waals surface area contributed by atoms with Gasteiger partial charge in [-0.2, -0.15) is 0 Å². The van der Waals surface area contributed by atoms with Crippen LogP contribution in [0.15, 0.2) is 36.4 Å². The monoisotopic (exact) mass is 357 g/mol. The van der Waals surface area contributed by atoms with Gasteiger partial charge in [-0.25, -0.2) is 4.98 Å². The lowest BCUT2D eigenvalue weighted by atomic mass is 9.87. The van der Waals surface area contributed by atoms with Crippen molar-refractivity contribution in [2.45, 2.75) is 51.6 Å². The van der Waals surface area contributed by atoms with Crippen molar-refractivity contribution in [1.29, 1.82) is 0 Å². The predicted octanol–water partition coefficient (Wildman–Crippen LogP) is 2.93. The summed E-state index contributed by atoms with van der Waals surface area (Å²) in [5.74, 6) is 1.99. The summed E-state index contributed by atoms with van der Waals surface area (Å²) in [7, 11) is 2.17. The first-order chi connectivity index (χ1) is 13.2. The fourth-order valence-corrected chi connectivity index (χ4v) is 5.00. The van der Waals surface area contributed by atoms with Crippen molar-refractivity contribution in [3.63, 3.8) is 0 Å². The standard InChI is InChI=1S/C23H28BN3/c1-16-13-19-3-2-10-27-22(25-21(14-16)23(19)27)15-26-11-8-18(9-12-26)17-4-6-20(24)7-5-17/h4-7,13-14,18H,2-3,8-12,15,24H2,1H3. The summed E-state index contributed by atoms with van der Waals surface area (Å²) in [6.07, 6.45) is 4.96. The summed E-state index contributed by atoms with van der Waals surface area (Å²) in [6, 6.07) is 13.8. The molecule has 5 rings (SSSR count). The maximum Gasteiger partial charge on any atom is 0.139 e. The fourth-order valence-electron chi connectivity index (χ4n) is 5.00. The number of likely N-dealkylation sites (tertiary alicyclic amines) is 1. The molecule has 27 heavy (non-hydrogen) atoms. The average Bonchev–Trinajstić information content (AvgIpc) is 3.02. The van der Waals surface area contributed by atoms with Crippen molar-refractivity contribution >= 4 is 24.3 Å². The second-order valence-corrected chi connectivity index (χ2v) is 8.54. The lowest BCUT2D eigenvalue weighted by Crippen LogP contribution is -2.33. The van der Waals surface area contributed by atoms with Gasteiger partial charge in [0.1, 0.15) is 13.7 Å². The number of piperidine rings is 1. The van der Waals surface area contributed by atoms with Crippen LogP contribution in [0.5, 0.6) is 0 Å². The van der Waals surface area contributed by atoms with E-state index in [1.54, 1.807) is 0 Å². The van der Waals surface area contributed by atoms with Crippen molar-refractivity contribution in [3.05, 3.63) is 58.9 Å². The van der Waals surface area contributed by atoms with Crippen LogP contribution in [0.3, 0.4) is 0 Å². The SMILES string of the molecule is Bc1ccc(C2CCN(Cc3nc4cc(C)cc5c4n3CCC5)CC2)cc1. The van der Waals surface area contributed by atoms with E-state index in [9.17, 15) is 0 Å². The second-order valence-electron chi connectivity index (χ2n) is 8.54. The van der Waals surface area contributed by atoms with Crippen LogP contribution in [-0.4, -0.2) is 35.4 Å². The van der Waals surface area contributed by atoms with Crippen LogP contribution < -0.4 is 5.46 Å². The number of rotatable bonds is 3. The highest BCUT2D eigenvalue weighted by molar-refractivity contribution is 6.32. The molecule has 3 nitrogen and oxygen atoms in total. The Balaban J connectivity index is 1.32. The third-order valence-electron chi connectivity index (χ3n) is 6.47. The van der Waals surface area contributed by atoms with E-state index < -0.39 is 0 Å². The largest absolute Gasteiger partial charge is 0.327 e. The highest BCUT2D eigenvalue weighted by Gasteiger charge is 2.24. The summed E-state index contributed by atoms with van der Waals surface area (Å²) in [4.78, 5) is 7.66. The van der Waals surface area contributed by atoms with E-state index in [4.69, 9.17) is 4.98 Å². The molecule has 3 aromatic rings. The Morgan fingerprint density at radius 2 is 1.85 bits per heavy atom. The van der Waals surface area contributed by atoms with E-state index in [0.717, 1.165) is 13.1 Å². The number of benzene rings is 2. The molecule has 4 heteroatoms. The average molecular weight is 357 g/mol. The highest BCUT2D eigenvalue weighted by Crippen LogP contribution is 2.31. The number of nitrogens with zero attached hydrogens (tertiary/aromatic N) is 3. The highest BCUT2D eigenvalue weighted by atomic mass is 15.2. The molecule has 1 fully saturated rings. The third kappa shape index (κ3) is 3.21. The minimum Gasteiger partial charge on any atom is -0.327 e. The molecule has 0 radical (unpaired) electrons. The Morgan fingerprint density at radius 1 is 1.07 bits per heavy atom. The molecule has 0 atom stereocenters. The zero-order valence-corrected chi connectivity index (χ0v) is 16.5. The zero-order chi connectivity index (χ0) is 18.4. The molecular formula is C23H28BN3. The summed E-state index contributed by atoms with van der Waals surface area (Å²) in [5, 5.41) is 0. The molecule has 2 aliphatic rings. The van der Waals surface area contributed by atoms with Crippen LogP contribution >= 0.6 is 0 Å². The minimum atomic E-state index is 0.716. The second kappa shape index (κ2) is 6.83. The molecule has 1 saturated heterocycles. The maximum absolute atomic E-state index is 5.05. The number of aryl methyl sites for hydroxylation is 3. The van der Waals surface area contributed by atoms with E-state index in [1.165, 1.54) is 77.8 Å². The fraction of sp³-hybridized carbons (Fsp3) is 0.435. The van der Waals surface area contributed by atoms with Gasteiger partial charge in [0.15, 0.2) is 0 Å². The van der Waals surface area contributed by atoms with Gasteiger partial charge >= 0.3 is 0 Å². The molecule has 0 bridgehead atoms. The van der Waals surface area contributed by atoms with Crippen LogP contribution in [0, 0.1) is 6.92 Å². The van der Waals surface area contributed by atoms with E-state index in [1.807, 2.05) is 0 Å². The number of hydrogen-bond acceptors (Lipinski definition) is 2. The Morgan fingerprint density at radius 3 is 2.63 bits per heavy atom. The molecule has 0 N–H and O–H groups in total. The molecule has 2 aromatic carbocycles. The number of aromatic nitrogens is 2. The van der Waals surface area contributed by atoms with Gasteiger partial charge in [0, 0.05) is 6.54 Å². The minimum absolute atomic E-state index is 0.716. The molecule has 0 aliphatic carbocycles. The Labute approximate surface area is 162 Å². The summed E-state index contributed by atoms with van der Waals surface area (Å²) in [5.41, 5.74) is 8.31. The maximum atomic E-state index is 5.05. The van der Waals surface area contributed by atoms with Gasteiger partial charge in [-0.1, -0.05) is 35.8 Å². The lowest BCUT2D eigenvalue weighted by molar-refractivity contribution is 0.198. The third-order valence-corrected chi connectivity index (χ3v) is 6.47. The predicted molar refractivity (Wildman–Crippen MR) is 115 cm³/mol. The van der Waals surface area contributed by atoms with Crippen LogP contribution in [0.25, 0.3) is 11.0 Å². The topological polar surface area (TPSA) is 21.1 Å². The first-order valence-electron chi connectivity index (χ1n) is 10.4. The van der Waals surface area contributed by atoms with Crippen molar-refractivity contribution in [2.24, 2.45) is 0 Å². The Bertz CT molecular complexity index is 965. The first kappa shape index (κ1) is 17.1. The van der Waals surface area contributed by atoms with Crippen LogP contribution in [0.4, 0.5) is 0 Å². The van der Waals surface area contributed by atoms with Gasteiger partial charge in [-0.15, -0.1) is 0 Å². The summed E-state index contributed by atoms with van der Waals surface area (Å²) < 4.78 is 2.50. The van der Waals surface area contributed by atoms with Gasteiger partial charge in [0.25, 0.3) is 0 Å². The van der Waals surface area contributed by atoms with E-state index in [0.29, 0.717) is 5.92 Å². The Kier molecular flexibility index (Phi) is 4.32. The molecule has 0 amide bonds. The normalized spacial score (nSPS) is 18.3. The zero-order valence-electron chi connectivity index (χ0n) is 16.5. The molecule has 138 valence electrons. The Hall–Kier alpha value is -2.07. The van der Waals surface area contributed by atoms with Crippen molar-refractivity contribution in [3.8, 4) is 0 Å². The van der Waals surface area contributed by atoms with Crippen molar-refractivity contribution in [2.75, 3.05) is 13.1 Å². The van der Waals surface area contributed by atoms with E-state index in [2.05, 4.69) is 60.6 Å². The number of imidazole rings is 1. The van der Waals surface area contributed by atoms with Gasteiger partial charge in [-0.05, 0) is 74.4 Å². The van der Waals surface area contributed by atoms with Crippen LogP contribution in [0.1, 0.15) is 47.7 Å². The van der Waals surface area contributed by atoms with Gasteiger partial charge in [0.05, 0.1) is 17.6 Å². The molecule has 0 spiro atoms. The van der Waals surface area contributed by atoms with Gasteiger partial charge < -0.3 is 4.57 Å². The van der Waals surface area contributed by atoms with E-state index in [-0.39, 0.29) is 0 Å². The molecule has 0 saturated carbocycles. The molecule has 1 aromatic heterocycles. The smallest absolute Gasteiger partial charge is 0.139 e. The summed E-state index contributed by atoms with van der Waals surface area (Å²) in [6.45, 7) is 6.66. The molecule has 2 aliphatic heterocycles.